The normalized spacial score (nSPS) is 10.5. The van der Waals surface area contributed by atoms with Crippen molar-refractivity contribution < 1.29 is 28.3 Å². The average molecular weight is 409 g/mol. The van der Waals surface area contributed by atoms with Crippen molar-refractivity contribution in [2.24, 2.45) is 0 Å². The Morgan fingerprint density at radius 2 is 1.63 bits per heavy atom. The highest BCUT2D eigenvalue weighted by molar-refractivity contribution is 5.89. The number of aryl methyl sites for hydroxylation is 2. The Hall–Kier alpha value is -3.61. The third-order valence-corrected chi connectivity index (χ3v) is 4.43. The number of rotatable bonds is 9. The van der Waals surface area contributed by atoms with Crippen LogP contribution in [-0.2, 0) is 27.3 Å². The quantitative estimate of drug-likeness (QED) is 0.392. The SMILES string of the molecule is Cc1noc(C)c1COc1ccc(CC(=O)OCCOC(=O)c2ccccc2)cc1. The zero-order valence-corrected chi connectivity index (χ0v) is 16.9. The third-order valence-electron chi connectivity index (χ3n) is 4.43. The van der Waals surface area contributed by atoms with Gasteiger partial charge in [-0.2, -0.15) is 0 Å². The molecule has 0 aliphatic heterocycles. The van der Waals surface area contributed by atoms with E-state index in [1.54, 1.807) is 48.5 Å². The fraction of sp³-hybridized carbons (Fsp3) is 0.261. The topological polar surface area (TPSA) is 87.9 Å². The highest BCUT2D eigenvalue weighted by Crippen LogP contribution is 2.18. The number of carbonyl (C=O) groups is 2. The van der Waals surface area contributed by atoms with Crippen LogP contribution in [0.2, 0.25) is 0 Å². The summed E-state index contributed by atoms with van der Waals surface area (Å²) in [6, 6.07) is 15.8. The fourth-order valence-corrected chi connectivity index (χ4v) is 2.73. The van der Waals surface area contributed by atoms with Gasteiger partial charge in [0.25, 0.3) is 0 Å². The summed E-state index contributed by atoms with van der Waals surface area (Å²) in [7, 11) is 0. The molecule has 1 heterocycles. The van der Waals surface area contributed by atoms with Gasteiger partial charge < -0.3 is 18.7 Å². The molecule has 0 amide bonds. The Bertz CT molecular complexity index is 959. The summed E-state index contributed by atoms with van der Waals surface area (Å²) in [6.07, 6.45) is 0.122. The van der Waals surface area contributed by atoms with Gasteiger partial charge in [0.15, 0.2) is 0 Å². The van der Waals surface area contributed by atoms with Crippen molar-refractivity contribution in [3.05, 3.63) is 82.7 Å². The third kappa shape index (κ3) is 5.94. The van der Waals surface area contributed by atoms with Gasteiger partial charge in [0, 0.05) is 0 Å². The number of nitrogens with zero attached hydrogens (tertiary/aromatic N) is 1. The zero-order chi connectivity index (χ0) is 21.3. The van der Waals surface area contributed by atoms with Crippen molar-refractivity contribution in [1.29, 1.82) is 0 Å². The molecule has 0 saturated heterocycles. The number of benzene rings is 2. The van der Waals surface area contributed by atoms with E-state index in [-0.39, 0.29) is 19.6 Å². The molecule has 0 radical (unpaired) electrons. The maximum Gasteiger partial charge on any atom is 0.338 e. The number of carbonyl (C=O) groups excluding carboxylic acids is 2. The molecule has 0 aliphatic rings. The van der Waals surface area contributed by atoms with Crippen molar-refractivity contribution in [2.75, 3.05) is 13.2 Å². The van der Waals surface area contributed by atoms with E-state index in [1.165, 1.54) is 0 Å². The summed E-state index contributed by atoms with van der Waals surface area (Å²) in [4.78, 5) is 23.8. The smallest absolute Gasteiger partial charge is 0.338 e. The second-order valence-electron chi connectivity index (χ2n) is 6.63. The monoisotopic (exact) mass is 409 g/mol. The summed E-state index contributed by atoms with van der Waals surface area (Å²) in [5.74, 6) is 0.579. The molecule has 0 fully saturated rings. The minimum atomic E-state index is -0.446. The van der Waals surface area contributed by atoms with Crippen LogP contribution in [0.15, 0.2) is 59.1 Å². The highest BCUT2D eigenvalue weighted by atomic mass is 16.6. The number of hydrogen-bond acceptors (Lipinski definition) is 7. The lowest BCUT2D eigenvalue weighted by Crippen LogP contribution is -2.15. The molecule has 7 nitrogen and oxygen atoms in total. The molecule has 0 N–H and O–H groups in total. The van der Waals surface area contributed by atoms with Crippen LogP contribution in [0.5, 0.6) is 5.75 Å². The van der Waals surface area contributed by atoms with Crippen LogP contribution in [-0.4, -0.2) is 30.3 Å². The predicted molar refractivity (Wildman–Crippen MR) is 108 cm³/mol. The maximum absolute atomic E-state index is 12.0. The van der Waals surface area contributed by atoms with Gasteiger partial charge in [0.1, 0.15) is 31.3 Å². The van der Waals surface area contributed by atoms with Crippen LogP contribution < -0.4 is 4.74 Å². The van der Waals surface area contributed by atoms with E-state index < -0.39 is 11.9 Å². The highest BCUT2D eigenvalue weighted by Gasteiger charge is 2.11. The summed E-state index contributed by atoms with van der Waals surface area (Å²) in [5.41, 5.74) is 2.99. The fourth-order valence-electron chi connectivity index (χ4n) is 2.73. The Morgan fingerprint density at radius 3 is 2.30 bits per heavy atom. The van der Waals surface area contributed by atoms with E-state index in [1.807, 2.05) is 19.9 Å². The average Bonchev–Trinajstić information content (AvgIpc) is 3.08. The molecule has 0 spiro atoms. The molecule has 3 rings (SSSR count). The summed E-state index contributed by atoms with van der Waals surface area (Å²) < 4.78 is 21.1. The van der Waals surface area contributed by atoms with Crippen LogP contribution >= 0.6 is 0 Å². The van der Waals surface area contributed by atoms with Crippen LogP contribution in [0.1, 0.15) is 32.9 Å². The van der Waals surface area contributed by atoms with E-state index >= 15 is 0 Å². The second-order valence-corrected chi connectivity index (χ2v) is 6.63. The Kier molecular flexibility index (Phi) is 7.21. The van der Waals surface area contributed by atoms with E-state index in [4.69, 9.17) is 18.7 Å². The van der Waals surface area contributed by atoms with Gasteiger partial charge in [-0.1, -0.05) is 35.5 Å². The van der Waals surface area contributed by atoms with Crippen molar-refractivity contribution in [3.63, 3.8) is 0 Å². The molecular weight excluding hydrogens is 386 g/mol. The van der Waals surface area contributed by atoms with Crippen molar-refractivity contribution in [1.82, 2.24) is 5.16 Å². The molecule has 0 saturated carbocycles. The summed E-state index contributed by atoms with van der Waals surface area (Å²) in [6.45, 7) is 4.09. The van der Waals surface area contributed by atoms with Gasteiger partial charge in [-0.25, -0.2) is 4.79 Å². The van der Waals surface area contributed by atoms with E-state index in [9.17, 15) is 9.59 Å². The maximum atomic E-state index is 12.0. The van der Waals surface area contributed by atoms with Crippen LogP contribution in [0.4, 0.5) is 0 Å². The molecule has 7 heteroatoms. The molecule has 3 aromatic rings. The van der Waals surface area contributed by atoms with Gasteiger partial charge in [0.2, 0.25) is 0 Å². The van der Waals surface area contributed by atoms with Gasteiger partial charge in [-0.15, -0.1) is 0 Å². The van der Waals surface area contributed by atoms with Crippen LogP contribution in [0, 0.1) is 13.8 Å². The van der Waals surface area contributed by atoms with Crippen molar-refractivity contribution in [3.8, 4) is 5.75 Å². The molecular formula is C23H23NO6. The van der Waals surface area contributed by atoms with E-state index in [2.05, 4.69) is 5.16 Å². The van der Waals surface area contributed by atoms with E-state index in [0.29, 0.717) is 17.9 Å². The van der Waals surface area contributed by atoms with Gasteiger partial charge in [0.05, 0.1) is 23.2 Å². The molecule has 0 aliphatic carbocycles. The molecule has 0 unspecified atom stereocenters. The molecule has 30 heavy (non-hydrogen) atoms. The molecule has 0 atom stereocenters. The summed E-state index contributed by atoms with van der Waals surface area (Å²) in [5, 5.41) is 3.90. The predicted octanol–water partition coefficient (Wildman–Crippen LogP) is 3.81. The Morgan fingerprint density at radius 1 is 0.933 bits per heavy atom. The van der Waals surface area contributed by atoms with Gasteiger partial charge >= 0.3 is 11.9 Å². The van der Waals surface area contributed by atoms with Crippen molar-refractivity contribution >= 4 is 11.9 Å². The lowest BCUT2D eigenvalue weighted by Gasteiger charge is -2.08. The molecule has 156 valence electrons. The Labute approximate surface area is 174 Å². The molecule has 1 aromatic heterocycles. The Balaban J connectivity index is 1.37. The standard InChI is InChI=1S/C23H23NO6/c1-16-21(17(2)30-24-16)15-29-20-10-8-18(9-11-20)14-22(25)27-12-13-28-23(26)19-6-4-3-5-7-19/h3-11H,12-15H2,1-2H3. The number of esters is 2. The first kappa shape index (κ1) is 21.1. The van der Waals surface area contributed by atoms with Crippen LogP contribution in [0.25, 0.3) is 0 Å². The number of aromatic nitrogens is 1. The first-order valence-electron chi connectivity index (χ1n) is 9.54. The molecule has 2 aromatic carbocycles. The first-order chi connectivity index (χ1) is 14.5. The van der Waals surface area contributed by atoms with E-state index in [0.717, 1.165) is 22.6 Å². The number of ether oxygens (including phenoxy) is 3. The summed E-state index contributed by atoms with van der Waals surface area (Å²) >= 11 is 0. The first-order valence-corrected chi connectivity index (χ1v) is 9.54. The lowest BCUT2D eigenvalue weighted by molar-refractivity contribution is -0.143. The van der Waals surface area contributed by atoms with Gasteiger partial charge in [-0.3, -0.25) is 4.79 Å². The van der Waals surface area contributed by atoms with Crippen molar-refractivity contribution in [2.45, 2.75) is 26.9 Å². The van der Waals surface area contributed by atoms with Gasteiger partial charge in [-0.05, 0) is 43.7 Å². The lowest BCUT2D eigenvalue weighted by atomic mass is 10.1. The van der Waals surface area contributed by atoms with Crippen LogP contribution in [0.3, 0.4) is 0 Å². The number of hydrogen-bond donors (Lipinski definition) is 0. The zero-order valence-electron chi connectivity index (χ0n) is 16.9. The molecule has 0 bridgehead atoms. The minimum Gasteiger partial charge on any atom is -0.489 e. The largest absolute Gasteiger partial charge is 0.489 e. The minimum absolute atomic E-state index is 0.00788. The second kappa shape index (κ2) is 10.2.